The van der Waals surface area contributed by atoms with E-state index in [0.717, 1.165) is 31.2 Å². The Morgan fingerprint density at radius 3 is 2.74 bits per heavy atom. The summed E-state index contributed by atoms with van der Waals surface area (Å²) in [5, 5.41) is 5.85. The number of carbonyl (C=O) groups excluding carboxylic acids is 1. The van der Waals surface area contributed by atoms with Gasteiger partial charge in [0.1, 0.15) is 9.88 Å². The van der Waals surface area contributed by atoms with E-state index in [4.69, 9.17) is 5.73 Å². The van der Waals surface area contributed by atoms with Crippen LogP contribution in [0.5, 0.6) is 0 Å². The number of amides is 1. The highest BCUT2D eigenvalue weighted by Gasteiger charge is 2.17. The van der Waals surface area contributed by atoms with Crippen molar-refractivity contribution in [2.24, 2.45) is 0 Å². The maximum atomic E-state index is 11.8. The molecule has 0 unspecified atom stereocenters. The van der Waals surface area contributed by atoms with Crippen molar-refractivity contribution < 1.29 is 4.79 Å². The second kappa shape index (κ2) is 6.23. The van der Waals surface area contributed by atoms with E-state index in [1.54, 1.807) is 0 Å². The monoisotopic (exact) mass is 283 g/mol. The van der Waals surface area contributed by atoms with Gasteiger partial charge in [-0.2, -0.15) is 0 Å². The van der Waals surface area contributed by atoms with Crippen LogP contribution >= 0.6 is 11.3 Å². The molecule has 106 valence electrons. The van der Waals surface area contributed by atoms with Gasteiger partial charge in [0, 0.05) is 32.7 Å². The zero-order valence-corrected chi connectivity index (χ0v) is 12.2. The number of thiophene rings is 1. The van der Waals surface area contributed by atoms with E-state index in [1.165, 1.54) is 11.3 Å². The largest absolute Gasteiger partial charge is 0.397 e. The van der Waals surface area contributed by atoms with Crippen molar-refractivity contribution in [1.82, 2.24) is 15.2 Å². The molecule has 1 fully saturated rings. The van der Waals surface area contributed by atoms with Crippen molar-refractivity contribution in [1.29, 1.82) is 0 Å². The van der Waals surface area contributed by atoms with Crippen molar-refractivity contribution in [3.63, 3.8) is 0 Å². The minimum Gasteiger partial charge on any atom is -0.397 e. The van der Waals surface area contributed by atoms with Crippen LogP contribution < -0.4 is 16.5 Å². The second-order valence-electron chi connectivity index (χ2n) is 4.66. The molecule has 1 aliphatic heterocycles. The Morgan fingerprint density at radius 2 is 2.11 bits per heavy atom. The van der Waals surface area contributed by atoms with Gasteiger partial charge < -0.3 is 21.4 Å². The number of likely N-dealkylation sites (N-methyl/N-ethyl adjacent to an activating group) is 1. The quantitative estimate of drug-likeness (QED) is 0.757. The van der Waals surface area contributed by atoms with Crippen LogP contribution in [0.4, 0.5) is 10.7 Å². The molecule has 1 aromatic heterocycles. The molecule has 7 heteroatoms. The molecule has 0 radical (unpaired) electrons. The highest BCUT2D eigenvalue weighted by molar-refractivity contribution is 7.18. The van der Waals surface area contributed by atoms with Crippen LogP contribution in [0.15, 0.2) is 6.07 Å². The molecule has 1 amide bonds. The van der Waals surface area contributed by atoms with Crippen molar-refractivity contribution in [2.75, 3.05) is 50.9 Å². The minimum absolute atomic E-state index is 0.101. The Bertz CT molecular complexity index is 439. The summed E-state index contributed by atoms with van der Waals surface area (Å²) in [6.07, 6.45) is 0. The van der Waals surface area contributed by atoms with Crippen molar-refractivity contribution >= 4 is 27.9 Å². The van der Waals surface area contributed by atoms with Gasteiger partial charge in [0.05, 0.1) is 5.69 Å². The molecule has 1 saturated heterocycles. The molecule has 0 aliphatic carbocycles. The van der Waals surface area contributed by atoms with Gasteiger partial charge in [0.25, 0.3) is 5.91 Å². The number of hydrazine groups is 1. The number of piperazine rings is 1. The van der Waals surface area contributed by atoms with Gasteiger partial charge >= 0.3 is 0 Å². The first-order valence-electron chi connectivity index (χ1n) is 6.47. The molecule has 0 bridgehead atoms. The molecule has 4 N–H and O–H groups in total. The number of anilines is 2. The van der Waals surface area contributed by atoms with E-state index in [2.05, 4.69) is 27.7 Å². The fraction of sp³-hybridized carbons (Fsp3) is 0.583. The van der Waals surface area contributed by atoms with E-state index >= 15 is 0 Å². The number of rotatable bonds is 4. The summed E-state index contributed by atoms with van der Waals surface area (Å²) in [4.78, 5) is 14.7. The topological polar surface area (TPSA) is 73.6 Å². The van der Waals surface area contributed by atoms with Crippen LogP contribution in [0.3, 0.4) is 0 Å². The minimum atomic E-state index is -0.101. The summed E-state index contributed by atoms with van der Waals surface area (Å²) < 4.78 is 0. The molecule has 2 heterocycles. The maximum absolute atomic E-state index is 11.8. The van der Waals surface area contributed by atoms with Crippen LogP contribution in [0, 0.1) is 0 Å². The number of nitrogen functional groups attached to an aromatic ring is 1. The molecular formula is C12H21N5OS. The lowest BCUT2D eigenvalue weighted by Crippen LogP contribution is -2.46. The smallest absolute Gasteiger partial charge is 0.263 e. The van der Waals surface area contributed by atoms with Gasteiger partial charge in [0.2, 0.25) is 0 Å². The third-order valence-corrected chi connectivity index (χ3v) is 4.13. The summed E-state index contributed by atoms with van der Waals surface area (Å²) >= 11 is 1.40. The van der Waals surface area contributed by atoms with Crippen molar-refractivity contribution in [3.05, 3.63) is 10.9 Å². The number of hydrogen-bond donors (Lipinski definition) is 3. The highest BCUT2D eigenvalue weighted by Crippen LogP contribution is 2.29. The second-order valence-corrected chi connectivity index (χ2v) is 5.71. The van der Waals surface area contributed by atoms with E-state index < -0.39 is 0 Å². The van der Waals surface area contributed by atoms with Gasteiger partial charge in [-0.25, -0.2) is 5.01 Å². The van der Waals surface area contributed by atoms with Gasteiger partial charge in [-0.15, -0.1) is 11.3 Å². The summed E-state index contributed by atoms with van der Waals surface area (Å²) in [6.45, 7) is 6.51. The molecule has 2 rings (SSSR count). The molecule has 0 saturated carbocycles. The predicted molar refractivity (Wildman–Crippen MR) is 79.4 cm³/mol. The fourth-order valence-electron chi connectivity index (χ4n) is 1.95. The number of nitrogens with two attached hydrogens (primary N) is 1. The molecule has 0 atom stereocenters. The Hall–Kier alpha value is -1.31. The Morgan fingerprint density at radius 1 is 1.42 bits per heavy atom. The van der Waals surface area contributed by atoms with Crippen LogP contribution in [0.1, 0.15) is 16.6 Å². The average molecular weight is 283 g/mol. The third-order valence-electron chi connectivity index (χ3n) is 3.08. The molecule has 19 heavy (non-hydrogen) atoms. The normalized spacial score (nSPS) is 17.4. The lowest BCUT2D eigenvalue weighted by molar-refractivity contribution is 0.0960. The molecule has 6 nitrogen and oxygen atoms in total. The standard InChI is InChI=1S/C12H21N5OS/c1-3-14-12(18)11-9(13)8-10(19-11)15-17-6-4-16(2)5-7-17/h8,15H,3-7,13H2,1-2H3,(H,14,18). The lowest BCUT2D eigenvalue weighted by atomic mass is 10.3. The van der Waals surface area contributed by atoms with E-state index in [-0.39, 0.29) is 5.91 Å². The van der Waals surface area contributed by atoms with E-state index in [9.17, 15) is 4.79 Å². The van der Waals surface area contributed by atoms with Gasteiger partial charge in [0.15, 0.2) is 0 Å². The molecule has 1 aliphatic rings. The summed E-state index contributed by atoms with van der Waals surface area (Å²) in [6, 6.07) is 1.83. The van der Waals surface area contributed by atoms with Gasteiger partial charge in [-0.1, -0.05) is 0 Å². The highest BCUT2D eigenvalue weighted by atomic mass is 32.1. The van der Waals surface area contributed by atoms with Crippen LogP contribution in [0.2, 0.25) is 0 Å². The van der Waals surface area contributed by atoms with Crippen LogP contribution in [-0.4, -0.2) is 55.6 Å². The van der Waals surface area contributed by atoms with E-state index in [0.29, 0.717) is 17.1 Å². The Balaban J connectivity index is 1.98. The number of carbonyl (C=O) groups is 1. The predicted octanol–water partition coefficient (Wildman–Crippen LogP) is 0.654. The molecule has 1 aromatic rings. The number of nitrogens with zero attached hydrogens (tertiary/aromatic N) is 2. The van der Waals surface area contributed by atoms with Crippen LogP contribution in [0.25, 0.3) is 0 Å². The van der Waals surface area contributed by atoms with Crippen molar-refractivity contribution in [2.45, 2.75) is 6.92 Å². The molecular weight excluding hydrogens is 262 g/mol. The number of hydrogen-bond acceptors (Lipinski definition) is 6. The zero-order chi connectivity index (χ0) is 13.8. The first kappa shape index (κ1) is 14.1. The third kappa shape index (κ3) is 3.59. The van der Waals surface area contributed by atoms with Gasteiger partial charge in [-0.05, 0) is 20.0 Å². The van der Waals surface area contributed by atoms with E-state index in [1.807, 2.05) is 13.0 Å². The first-order valence-corrected chi connectivity index (χ1v) is 7.29. The fourth-order valence-corrected chi connectivity index (χ4v) is 2.87. The average Bonchev–Trinajstić information content (AvgIpc) is 2.74. The summed E-state index contributed by atoms with van der Waals surface area (Å²) in [5.41, 5.74) is 9.74. The Labute approximate surface area is 117 Å². The Kier molecular flexibility index (Phi) is 4.62. The van der Waals surface area contributed by atoms with Crippen molar-refractivity contribution in [3.8, 4) is 0 Å². The SMILES string of the molecule is CCNC(=O)c1sc(NN2CCN(C)CC2)cc1N. The first-order chi connectivity index (χ1) is 9.10. The zero-order valence-electron chi connectivity index (χ0n) is 11.4. The van der Waals surface area contributed by atoms with Crippen LogP contribution in [-0.2, 0) is 0 Å². The molecule has 0 spiro atoms. The van der Waals surface area contributed by atoms with Gasteiger partial charge in [-0.3, -0.25) is 4.79 Å². The molecule has 0 aromatic carbocycles. The maximum Gasteiger partial charge on any atom is 0.263 e. The summed E-state index contributed by atoms with van der Waals surface area (Å²) in [5.74, 6) is -0.101. The summed E-state index contributed by atoms with van der Waals surface area (Å²) in [7, 11) is 2.12. The number of nitrogens with one attached hydrogen (secondary N) is 2. The lowest BCUT2D eigenvalue weighted by Gasteiger charge is -2.32.